The molecule has 138 valence electrons. The molecule has 0 saturated carbocycles. The summed E-state index contributed by atoms with van der Waals surface area (Å²) in [7, 11) is 0. The summed E-state index contributed by atoms with van der Waals surface area (Å²) >= 11 is 5.49. The molecule has 9 heteroatoms. The van der Waals surface area contributed by atoms with Crippen molar-refractivity contribution in [3.63, 3.8) is 0 Å². The van der Waals surface area contributed by atoms with Crippen molar-refractivity contribution in [2.24, 2.45) is 0 Å². The molecule has 1 N–H and O–H groups in total. The second kappa shape index (κ2) is 8.09. The maximum absolute atomic E-state index is 12.8. The van der Waals surface area contributed by atoms with Crippen molar-refractivity contribution in [3.8, 4) is 0 Å². The van der Waals surface area contributed by atoms with E-state index in [1.54, 1.807) is 19.1 Å². The molecule has 0 aliphatic carbocycles. The van der Waals surface area contributed by atoms with Gasteiger partial charge >= 0.3 is 12.1 Å². The molecule has 2 rings (SSSR count). The van der Waals surface area contributed by atoms with E-state index in [4.69, 9.17) is 20.8 Å². The zero-order chi connectivity index (χ0) is 19.3. The highest BCUT2D eigenvalue weighted by Gasteiger charge is 2.33. The smallest absolute Gasteiger partial charge is 0.417 e. The van der Waals surface area contributed by atoms with E-state index in [9.17, 15) is 22.8 Å². The average molecular weight is 388 g/mol. The second-order valence-corrected chi connectivity index (χ2v) is 5.54. The summed E-state index contributed by atoms with van der Waals surface area (Å²) in [5.74, 6) is -0.499. The van der Waals surface area contributed by atoms with Crippen LogP contribution in [0.2, 0.25) is 5.02 Å². The molecule has 0 aliphatic heterocycles. The molecule has 0 unspecified atom stereocenters. The topological polar surface area (TPSA) is 68.5 Å². The van der Waals surface area contributed by atoms with Crippen molar-refractivity contribution in [1.29, 1.82) is 0 Å². The van der Waals surface area contributed by atoms with Gasteiger partial charge in [-0.25, -0.2) is 4.79 Å². The summed E-state index contributed by atoms with van der Waals surface area (Å²) < 4.78 is 48.2. The van der Waals surface area contributed by atoms with Crippen LogP contribution < -0.4 is 5.32 Å². The number of hydrogen-bond acceptors (Lipinski definition) is 4. The van der Waals surface area contributed by atoms with Crippen molar-refractivity contribution >= 4 is 35.2 Å². The number of amides is 1. The van der Waals surface area contributed by atoms with Gasteiger partial charge in [0.15, 0.2) is 6.61 Å². The Morgan fingerprint density at radius 3 is 2.62 bits per heavy atom. The van der Waals surface area contributed by atoms with E-state index in [1.165, 1.54) is 12.1 Å². The molecule has 0 radical (unpaired) electrons. The fourth-order valence-corrected chi connectivity index (χ4v) is 2.12. The van der Waals surface area contributed by atoms with Crippen molar-refractivity contribution in [1.82, 2.24) is 0 Å². The van der Waals surface area contributed by atoms with E-state index < -0.39 is 35.2 Å². The zero-order valence-electron chi connectivity index (χ0n) is 13.4. The number of halogens is 4. The van der Waals surface area contributed by atoms with E-state index in [0.717, 1.165) is 12.1 Å². The van der Waals surface area contributed by atoms with Gasteiger partial charge in [0.05, 0.1) is 10.6 Å². The summed E-state index contributed by atoms with van der Waals surface area (Å²) in [6.45, 7) is 1.07. The molecule has 2 aromatic rings. The van der Waals surface area contributed by atoms with Gasteiger partial charge in [-0.1, -0.05) is 11.6 Å². The maximum atomic E-state index is 12.8. The van der Waals surface area contributed by atoms with Crippen LogP contribution in [-0.4, -0.2) is 18.5 Å². The Labute approximate surface area is 151 Å². The van der Waals surface area contributed by atoms with Crippen LogP contribution in [0.1, 0.15) is 17.1 Å². The maximum Gasteiger partial charge on any atom is 0.417 e. The number of carbonyl (C=O) groups excluding carboxylic acids is 2. The number of rotatable bonds is 5. The lowest BCUT2D eigenvalue weighted by Gasteiger charge is -2.11. The Balaban J connectivity index is 1.89. The van der Waals surface area contributed by atoms with Crippen LogP contribution in [0.15, 0.2) is 40.8 Å². The van der Waals surface area contributed by atoms with Crippen LogP contribution in [0.4, 0.5) is 18.9 Å². The predicted octanol–water partition coefficient (Wildman–Crippen LogP) is 4.46. The normalized spacial score (nSPS) is 11.6. The van der Waals surface area contributed by atoms with Crippen LogP contribution in [0.3, 0.4) is 0 Å². The summed E-state index contributed by atoms with van der Waals surface area (Å²) in [4.78, 5) is 23.2. The van der Waals surface area contributed by atoms with E-state index in [-0.39, 0.29) is 5.69 Å². The number of anilines is 1. The third-order valence-corrected chi connectivity index (χ3v) is 3.38. The van der Waals surface area contributed by atoms with Crippen LogP contribution >= 0.6 is 11.6 Å². The third-order valence-electron chi connectivity index (χ3n) is 3.05. The van der Waals surface area contributed by atoms with Crippen molar-refractivity contribution in [3.05, 3.63) is 58.5 Å². The first-order valence-corrected chi connectivity index (χ1v) is 7.61. The van der Waals surface area contributed by atoms with Gasteiger partial charge in [0.1, 0.15) is 11.5 Å². The van der Waals surface area contributed by atoms with Gasteiger partial charge in [0, 0.05) is 11.8 Å². The highest BCUT2D eigenvalue weighted by atomic mass is 35.5. The summed E-state index contributed by atoms with van der Waals surface area (Å²) in [6, 6.07) is 6.27. The van der Waals surface area contributed by atoms with Gasteiger partial charge in [0.25, 0.3) is 5.91 Å². The quantitative estimate of drug-likeness (QED) is 0.607. The number of nitrogens with one attached hydrogen (secondary N) is 1. The SMILES string of the molecule is Cc1ccc(/C=C/C(=O)OCC(=O)Nc2ccc(Cl)c(C(F)(F)F)c2)o1. The molecule has 5 nitrogen and oxygen atoms in total. The summed E-state index contributed by atoms with van der Waals surface area (Å²) in [5, 5.41) is 1.71. The summed E-state index contributed by atoms with van der Waals surface area (Å²) in [6.07, 6.45) is -2.23. The monoisotopic (exact) mass is 387 g/mol. The first kappa shape index (κ1) is 19.6. The van der Waals surface area contributed by atoms with E-state index >= 15 is 0 Å². The number of alkyl halides is 3. The molecule has 0 atom stereocenters. The van der Waals surface area contributed by atoms with Crippen LogP contribution in [0, 0.1) is 6.92 Å². The minimum absolute atomic E-state index is 0.121. The molecule has 0 saturated heterocycles. The molecule has 1 heterocycles. The molecule has 0 bridgehead atoms. The molecule has 1 aromatic carbocycles. The van der Waals surface area contributed by atoms with Gasteiger partial charge in [-0.05, 0) is 43.3 Å². The Hall–Kier alpha value is -2.74. The highest BCUT2D eigenvalue weighted by Crippen LogP contribution is 2.36. The molecular formula is C17H13ClF3NO4. The second-order valence-electron chi connectivity index (χ2n) is 5.13. The zero-order valence-corrected chi connectivity index (χ0v) is 14.1. The van der Waals surface area contributed by atoms with Gasteiger partial charge in [-0.2, -0.15) is 13.2 Å². The minimum atomic E-state index is -4.65. The number of hydrogen-bond donors (Lipinski definition) is 1. The van der Waals surface area contributed by atoms with E-state index in [0.29, 0.717) is 17.6 Å². The number of esters is 1. The molecule has 1 aromatic heterocycles. The fraction of sp³-hybridized carbons (Fsp3) is 0.176. The van der Waals surface area contributed by atoms with Gasteiger partial charge in [0.2, 0.25) is 0 Å². The molecule has 26 heavy (non-hydrogen) atoms. The van der Waals surface area contributed by atoms with Gasteiger partial charge < -0.3 is 14.5 Å². The lowest BCUT2D eigenvalue weighted by atomic mass is 10.2. The largest absolute Gasteiger partial charge is 0.462 e. The van der Waals surface area contributed by atoms with Crippen molar-refractivity contribution in [2.45, 2.75) is 13.1 Å². The van der Waals surface area contributed by atoms with Crippen LogP contribution in [0.25, 0.3) is 6.08 Å². The number of ether oxygens (including phenoxy) is 1. The van der Waals surface area contributed by atoms with Crippen LogP contribution in [-0.2, 0) is 20.5 Å². The number of aryl methyl sites for hydroxylation is 1. The Bertz CT molecular complexity index is 843. The first-order valence-electron chi connectivity index (χ1n) is 7.23. The minimum Gasteiger partial charge on any atom is -0.462 e. The lowest BCUT2D eigenvalue weighted by molar-refractivity contribution is -0.142. The van der Waals surface area contributed by atoms with E-state index in [2.05, 4.69) is 5.32 Å². The Kier molecular flexibility index (Phi) is 6.10. The highest BCUT2D eigenvalue weighted by molar-refractivity contribution is 6.31. The molecular weight excluding hydrogens is 375 g/mol. The van der Waals surface area contributed by atoms with Gasteiger partial charge in [-0.3, -0.25) is 4.79 Å². The average Bonchev–Trinajstić information content (AvgIpc) is 2.97. The van der Waals surface area contributed by atoms with Crippen molar-refractivity contribution in [2.75, 3.05) is 11.9 Å². The fourth-order valence-electron chi connectivity index (χ4n) is 1.90. The number of furan rings is 1. The first-order chi connectivity index (χ1) is 12.1. The Morgan fingerprint density at radius 1 is 1.27 bits per heavy atom. The summed E-state index contributed by atoms with van der Waals surface area (Å²) in [5.41, 5.74) is -1.20. The predicted molar refractivity (Wildman–Crippen MR) is 88.5 cm³/mol. The molecule has 0 aliphatic rings. The Morgan fingerprint density at radius 2 is 2.00 bits per heavy atom. The molecule has 0 fully saturated rings. The number of carbonyl (C=O) groups is 2. The van der Waals surface area contributed by atoms with Crippen molar-refractivity contribution < 1.29 is 31.9 Å². The third kappa shape index (κ3) is 5.66. The lowest BCUT2D eigenvalue weighted by Crippen LogP contribution is -2.20. The number of benzene rings is 1. The standard InChI is InChI=1S/C17H13ClF3NO4/c1-10-2-4-12(26-10)5-7-16(24)25-9-15(23)22-11-3-6-14(18)13(8-11)17(19,20)21/h2-8H,9H2,1H3,(H,22,23)/b7-5+. The molecule has 1 amide bonds. The van der Waals surface area contributed by atoms with E-state index in [1.807, 2.05) is 0 Å². The van der Waals surface area contributed by atoms with Gasteiger partial charge in [-0.15, -0.1) is 0 Å². The van der Waals surface area contributed by atoms with Crippen LogP contribution in [0.5, 0.6) is 0 Å². The molecule has 0 spiro atoms.